The predicted molar refractivity (Wildman–Crippen MR) is 148 cm³/mol. The molecule has 5 nitrogen and oxygen atoms in total. The number of hydrogen-bond donors (Lipinski definition) is 1. The van der Waals surface area contributed by atoms with Crippen LogP contribution in [0.25, 0.3) is 0 Å². The van der Waals surface area contributed by atoms with E-state index in [1.807, 2.05) is 94.4 Å². The number of hydrogen-bond acceptors (Lipinski definition) is 3. The van der Waals surface area contributed by atoms with Crippen LogP contribution in [0.15, 0.2) is 77.3 Å². The van der Waals surface area contributed by atoms with Crippen molar-refractivity contribution in [3.8, 4) is 5.75 Å². The normalized spacial score (nSPS) is 12.5. The Balaban J connectivity index is 1.92. The van der Waals surface area contributed by atoms with Gasteiger partial charge < -0.3 is 15.0 Å². The SMILES string of the molecule is CC[C@H](C)NC(=O)[C@@H](Cc1ccccc1)N(Cc1cccc(Br)c1)C(=O)COc1cc(C)cc(C)c1. The van der Waals surface area contributed by atoms with Crippen molar-refractivity contribution >= 4 is 27.7 Å². The van der Waals surface area contributed by atoms with Crippen molar-refractivity contribution < 1.29 is 14.3 Å². The van der Waals surface area contributed by atoms with Crippen molar-refractivity contribution in [3.05, 3.63) is 99.5 Å². The minimum Gasteiger partial charge on any atom is -0.484 e. The largest absolute Gasteiger partial charge is 0.484 e. The molecule has 3 rings (SSSR count). The average molecular weight is 552 g/mol. The molecule has 3 aromatic rings. The third-order valence-corrected chi connectivity index (χ3v) is 6.56. The lowest BCUT2D eigenvalue weighted by molar-refractivity contribution is -0.143. The van der Waals surface area contributed by atoms with Crippen molar-refractivity contribution in [2.45, 2.75) is 59.2 Å². The highest BCUT2D eigenvalue weighted by atomic mass is 79.9. The van der Waals surface area contributed by atoms with Crippen molar-refractivity contribution in [2.75, 3.05) is 6.61 Å². The average Bonchev–Trinajstić information content (AvgIpc) is 2.84. The molecule has 3 aromatic carbocycles. The van der Waals surface area contributed by atoms with Crippen molar-refractivity contribution in [1.82, 2.24) is 10.2 Å². The number of ether oxygens (including phenoxy) is 1. The number of halogens is 1. The monoisotopic (exact) mass is 550 g/mol. The van der Waals surface area contributed by atoms with E-state index in [1.165, 1.54) is 0 Å². The van der Waals surface area contributed by atoms with Crippen LogP contribution in [0, 0.1) is 13.8 Å². The van der Waals surface area contributed by atoms with E-state index >= 15 is 0 Å². The third kappa shape index (κ3) is 8.23. The molecule has 2 atom stereocenters. The molecule has 0 aliphatic heterocycles. The maximum absolute atomic E-state index is 13.7. The molecule has 0 aliphatic carbocycles. The zero-order valence-electron chi connectivity index (χ0n) is 21.5. The zero-order valence-corrected chi connectivity index (χ0v) is 23.0. The summed E-state index contributed by atoms with van der Waals surface area (Å²) in [4.78, 5) is 28.9. The van der Waals surface area contributed by atoms with Crippen LogP contribution in [-0.2, 0) is 22.6 Å². The summed E-state index contributed by atoms with van der Waals surface area (Å²) in [6.07, 6.45) is 1.21. The molecule has 0 saturated carbocycles. The Bertz CT molecular complexity index is 1150. The highest BCUT2D eigenvalue weighted by Crippen LogP contribution is 2.20. The topological polar surface area (TPSA) is 58.6 Å². The molecule has 0 saturated heterocycles. The van der Waals surface area contributed by atoms with Gasteiger partial charge in [0.1, 0.15) is 11.8 Å². The van der Waals surface area contributed by atoms with E-state index in [0.29, 0.717) is 18.7 Å². The summed E-state index contributed by atoms with van der Waals surface area (Å²) in [5, 5.41) is 3.09. The summed E-state index contributed by atoms with van der Waals surface area (Å²) >= 11 is 3.52. The highest BCUT2D eigenvalue weighted by molar-refractivity contribution is 9.10. The molecule has 1 N–H and O–H groups in total. The fourth-order valence-electron chi connectivity index (χ4n) is 4.07. The molecule has 36 heavy (non-hydrogen) atoms. The second-order valence-corrected chi connectivity index (χ2v) is 10.2. The molecule has 0 unspecified atom stereocenters. The van der Waals surface area contributed by atoms with Crippen molar-refractivity contribution in [1.29, 1.82) is 0 Å². The van der Waals surface area contributed by atoms with Gasteiger partial charge in [0.2, 0.25) is 5.91 Å². The summed E-state index contributed by atoms with van der Waals surface area (Å²) in [6.45, 7) is 8.13. The van der Waals surface area contributed by atoms with E-state index in [9.17, 15) is 9.59 Å². The van der Waals surface area contributed by atoms with Gasteiger partial charge in [-0.2, -0.15) is 0 Å². The van der Waals surface area contributed by atoms with E-state index in [1.54, 1.807) is 4.90 Å². The summed E-state index contributed by atoms with van der Waals surface area (Å²) in [7, 11) is 0. The van der Waals surface area contributed by atoms with E-state index in [2.05, 4.69) is 27.3 Å². The maximum atomic E-state index is 13.7. The lowest BCUT2D eigenvalue weighted by atomic mass is 10.0. The van der Waals surface area contributed by atoms with Gasteiger partial charge in [-0.05, 0) is 73.7 Å². The van der Waals surface area contributed by atoms with Crippen molar-refractivity contribution in [2.24, 2.45) is 0 Å². The summed E-state index contributed by atoms with van der Waals surface area (Å²) < 4.78 is 6.84. The minimum atomic E-state index is -0.685. The Morgan fingerprint density at radius 2 is 1.61 bits per heavy atom. The van der Waals surface area contributed by atoms with Gasteiger partial charge in [-0.25, -0.2) is 0 Å². The molecule has 0 radical (unpaired) electrons. The molecule has 0 aromatic heterocycles. The summed E-state index contributed by atoms with van der Waals surface area (Å²) in [5.74, 6) is 0.240. The van der Waals surface area contributed by atoms with Crippen LogP contribution in [-0.4, -0.2) is 35.4 Å². The molecule has 190 valence electrons. The first-order valence-corrected chi connectivity index (χ1v) is 13.1. The molecular formula is C30H35BrN2O3. The smallest absolute Gasteiger partial charge is 0.261 e. The number of amides is 2. The van der Waals surface area contributed by atoms with Gasteiger partial charge in [0.05, 0.1) is 0 Å². The van der Waals surface area contributed by atoms with Gasteiger partial charge in [-0.1, -0.05) is 71.4 Å². The molecule has 0 spiro atoms. The number of nitrogens with zero attached hydrogens (tertiary/aromatic N) is 1. The van der Waals surface area contributed by atoms with E-state index in [-0.39, 0.29) is 24.5 Å². The Morgan fingerprint density at radius 1 is 0.944 bits per heavy atom. The summed E-state index contributed by atoms with van der Waals surface area (Å²) in [5.41, 5.74) is 4.05. The molecule has 0 bridgehead atoms. The first-order chi connectivity index (χ1) is 17.2. The Kier molecular flexibility index (Phi) is 10.1. The fraction of sp³-hybridized carbons (Fsp3) is 0.333. The van der Waals surface area contributed by atoms with Gasteiger partial charge in [0.15, 0.2) is 6.61 Å². The summed E-state index contributed by atoms with van der Waals surface area (Å²) in [6, 6.07) is 22.8. The number of rotatable bonds is 11. The van der Waals surface area contributed by atoms with Crippen LogP contribution in [0.1, 0.15) is 42.5 Å². The molecule has 0 aliphatic rings. The number of aryl methyl sites for hydroxylation is 2. The van der Waals surface area contributed by atoms with Crippen LogP contribution in [0.5, 0.6) is 5.75 Å². The third-order valence-electron chi connectivity index (χ3n) is 6.07. The molecule has 2 amide bonds. The molecular weight excluding hydrogens is 516 g/mol. The van der Waals surface area contributed by atoms with Gasteiger partial charge in [-0.15, -0.1) is 0 Å². The van der Waals surface area contributed by atoms with Crippen LogP contribution in [0.3, 0.4) is 0 Å². The minimum absolute atomic E-state index is 0.00474. The Morgan fingerprint density at radius 3 is 2.25 bits per heavy atom. The number of carbonyl (C=O) groups is 2. The molecule has 6 heteroatoms. The number of carbonyl (C=O) groups excluding carboxylic acids is 2. The van der Waals surface area contributed by atoms with E-state index in [4.69, 9.17) is 4.74 Å². The number of benzene rings is 3. The number of nitrogens with one attached hydrogen (secondary N) is 1. The first-order valence-electron chi connectivity index (χ1n) is 12.3. The standard InChI is InChI=1S/C30H35BrN2O3/c1-5-23(4)32-30(35)28(18-24-10-7-6-8-11-24)33(19-25-12-9-13-26(31)17-25)29(34)20-36-27-15-21(2)14-22(3)16-27/h6-17,23,28H,5,18-20H2,1-4H3,(H,32,35)/t23-,28+/m0/s1. The fourth-order valence-corrected chi connectivity index (χ4v) is 4.52. The Hall–Kier alpha value is -3.12. The lowest BCUT2D eigenvalue weighted by Gasteiger charge is -2.32. The highest BCUT2D eigenvalue weighted by Gasteiger charge is 2.31. The maximum Gasteiger partial charge on any atom is 0.261 e. The van der Waals surface area contributed by atoms with Crippen LogP contribution < -0.4 is 10.1 Å². The second kappa shape index (κ2) is 13.3. The van der Waals surface area contributed by atoms with Crippen LogP contribution in [0.4, 0.5) is 0 Å². The van der Waals surface area contributed by atoms with E-state index < -0.39 is 6.04 Å². The van der Waals surface area contributed by atoms with Crippen LogP contribution in [0.2, 0.25) is 0 Å². The van der Waals surface area contributed by atoms with Gasteiger partial charge in [0.25, 0.3) is 5.91 Å². The second-order valence-electron chi connectivity index (χ2n) is 9.29. The lowest BCUT2D eigenvalue weighted by Crippen LogP contribution is -2.53. The molecule has 0 fully saturated rings. The van der Waals surface area contributed by atoms with Gasteiger partial charge in [-0.3, -0.25) is 9.59 Å². The quantitative estimate of drug-likeness (QED) is 0.318. The van der Waals surface area contributed by atoms with Crippen molar-refractivity contribution in [3.63, 3.8) is 0 Å². The predicted octanol–water partition coefficient (Wildman–Crippen LogP) is 6.00. The zero-order chi connectivity index (χ0) is 26.1. The first kappa shape index (κ1) is 27.5. The van der Waals surface area contributed by atoms with E-state index in [0.717, 1.165) is 33.1 Å². The molecule has 0 heterocycles. The van der Waals surface area contributed by atoms with Crippen LogP contribution >= 0.6 is 15.9 Å². The Labute approximate surface area is 223 Å². The van der Waals surface area contributed by atoms with Gasteiger partial charge >= 0.3 is 0 Å². The van der Waals surface area contributed by atoms with Gasteiger partial charge in [0, 0.05) is 23.5 Å².